The second kappa shape index (κ2) is 5.74. The molecule has 2 atom stereocenters. The van der Waals surface area contributed by atoms with Gasteiger partial charge in [-0.3, -0.25) is 5.41 Å². The summed E-state index contributed by atoms with van der Waals surface area (Å²) in [6.07, 6.45) is -0.611. The van der Waals surface area contributed by atoms with Crippen molar-refractivity contribution in [2.24, 2.45) is 17.4 Å². The van der Waals surface area contributed by atoms with E-state index in [1.54, 1.807) is 6.92 Å². The summed E-state index contributed by atoms with van der Waals surface area (Å²) in [6.45, 7) is 1.71. The second-order valence-corrected chi connectivity index (χ2v) is 3.13. The van der Waals surface area contributed by atoms with Gasteiger partial charge in [0.05, 0.1) is 6.17 Å². The lowest BCUT2D eigenvalue weighted by Crippen LogP contribution is -2.45. The Morgan fingerprint density at radius 2 is 2.00 bits per heavy atom. The SMILES string of the molecule is CC(CCC(N)NC(=N)N)C(O)O. The van der Waals surface area contributed by atoms with Crippen LogP contribution in [-0.4, -0.2) is 28.6 Å². The van der Waals surface area contributed by atoms with Crippen LogP contribution < -0.4 is 16.8 Å². The van der Waals surface area contributed by atoms with E-state index in [4.69, 9.17) is 27.1 Å². The Morgan fingerprint density at radius 1 is 1.46 bits per heavy atom. The van der Waals surface area contributed by atoms with Crippen molar-refractivity contribution < 1.29 is 10.2 Å². The van der Waals surface area contributed by atoms with Crippen molar-refractivity contribution in [1.29, 1.82) is 5.41 Å². The Hall–Kier alpha value is -0.850. The highest BCUT2D eigenvalue weighted by Crippen LogP contribution is 2.08. The van der Waals surface area contributed by atoms with Gasteiger partial charge >= 0.3 is 0 Å². The van der Waals surface area contributed by atoms with Gasteiger partial charge in [0.25, 0.3) is 0 Å². The number of hydrogen-bond acceptors (Lipinski definition) is 4. The predicted molar refractivity (Wildman–Crippen MR) is 49.6 cm³/mol. The average Bonchev–Trinajstić information content (AvgIpc) is 1.98. The van der Waals surface area contributed by atoms with Crippen LogP contribution in [0.1, 0.15) is 19.8 Å². The van der Waals surface area contributed by atoms with E-state index >= 15 is 0 Å². The van der Waals surface area contributed by atoms with E-state index in [-0.39, 0.29) is 11.9 Å². The Bertz CT molecular complexity index is 163. The molecule has 8 N–H and O–H groups in total. The summed E-state index contributed by atoms with van der Waals surface area (Å²) >= 11 is 0. The molecule has 78 valence electrons. The van der Waals surface area contributed by atoms with Crippen LogP contribution in [0.4, 0.5) is 0 Å². The molecule has 0 spiro atoms. The molecule has 0 amide bonds. The predicted octanol–water partition coefficient (Wildman–Crippen LogP) is -1.52. The van der Waals surface area contributed by atoms with Gasteiger partial charge < -0.3 is 27.0 Å². The van der Waals surface area contributed by atoms with Gasteiger partial charge in [0.15, 0.2) is 12.2 Å². The summed E-state index contributed by atoms with van der Waals surface area (Å²) in [5.74, 6) is -0.399. The summed E-state index contributed by atoms with van der Waals surface area (Å²) in [5, 5.41) is 26.9. The smallest absolute Gasteiger partial charge is 0.186 e. The first-order chi connectivity index (χ1) is 5.93. The Morgan fingerprint density at radius 3 is 2.38 bits per heavy atom. The highest BCUT2D eigenvalue weighted by Gasteiger charge is 2.12. The van der Waals surface area contributed by atoms with Crippen LogP contribution in [-0.2, 0) is 0 Å². The number of nitrogens with one attached hydrogen (secondary N) is 2. The zero-order valence-corrected chi connectivity index (χ0v) is 7.70. The van der Waals surface area contributed by atoms with Crippen LogP contribution in [0.15, 0.2) is 0 Å². The molecule has 0 aliphatic rings. The molecule has 0 rings (SSSR count). The summed E-state index contributed by atoms with van der Waals surface area (Å²) in [6, 6.07) is 0. The average molecular weight is 190 g/mol. The summed E-state index contributed by atoms with van der Waals surface area (Å²) in [5.41, 5.74) is 10.6. The van der Waals surface area contributed by atoms with Gasteiger partial charge in [-0.25, -0.2) is 0 Å². The van der Waals surface area contributed by atoms with Gasteiger partial charge in [-0.1, -0.05) is 6.92 Å². The minimum Gasteiger partial charge on any atom is -0.370 e. The lowest BCUT2D eigenvalue weighted by molar-refractivity contribution is -0.0810. The topological polar surface area (TPSA) is 128 Å². The van der Waals surface area contributed by atoms with E-state index in [0.717, 1.165) is 0 Å². The third kappa shape index (κ3) is 6.32. The van der Waals surface area contributed by atoms with Gasteiger partial charge in [-0.2, -0.15) is 0 Å². The standard InChI is InChI=1S/C7H18N4O2/c1-4(6(12)13)2-3-5(8)11-7(9)10/h4-6,12-13H,2-3,8H2,1H3,(H4,9,10,11). The van der Waals surface area contributed by atoms with Gasteiger partial charge in [0.1, 0.15) is 0 Å². The molecular formula is C7H18N4O2. The molecule has 6 heteroatoms. The maximum absolute atomic E-state index is 8.74. The molecule has 0 saturated heterocycles. The molecule has 0 radical (unpaired) electrons. The number of aliphatic hydroxyl groups excluding tert-OH is 1. The first-order valence-corrected chi connectivity index (χ1v) is 4.15. The van der Waals surface area contributed by atoms with Crippen molar-refractivity contribution in [2.45, 2.75) is 32.2 Å². The van der Waals surface area contributed by atoms with Crippen LogP contribution in [0.2, 0.25) is 0 Å². The van der Waals surface area contributed by atoms with Crippen LogP contribution >= 0.6 is 0 Å². The van der Waals surface area contributed by atoms with Crippen LogP contribution in [0, 0.1) is 11.3 Å². The van der Waals surface area contributed by atoms with E-state index in [2.05, 4.69) is 5.32 Å². The molecule has 13 heavy (non-hydrogen) atoms. The lowest BCUT2D eigenvalue weighted by atomic mass is 10.0. The van der Waals surface area contributed by atoms with Crippen molar-refractivity contribution >= 4 is 5.96 Å². The van der Waals surface area contributed by atoms with E-state index in [1.165, 1.54) is 0 Å². The van der Waals surface area contributed by atoms with Gasteiger partial charge in [-0.05, 0) is 12.8 Å². The maximum Gasteiger partial charge on any atom is 0.186 e. The zero-order chi connectivity index (χ0) is 10.4. The number of guanidine groups is 1. The molecular weight excluding hydrogens is 172 g/mol. The molecule has 0 aliphatic carbocycles. The van der Waals surface area contributed by atoms with Crippen molar-refractivity contribution in [3.63, 3.8) is 0 Å². The first-order valence-electron chi connectivity index (χ1n) is 4.15. The molecule has 6 nitrogen and oxygen atoms in total. The molecule has 0 heterocycles. The lowest BCUT2D eigenvalue weighted by Gasteiger charge is -2.17. The first kappa shape index (κ1) is 12.2. The van der Waals surface area contributed by atoms with Crippen molar-refractivity contribution in [3.05, 3.63) is 0 Å². The van der Waals surface area contributed by atoms with Crippen LogP contribution in [0.25, 0.3) is 0 Å². The molecule has 0 bridgehead atoms. The fourth-order valence-corrected chi connectivity index (χ4v) is 0.863. The van der Waals surface area contributed by atoms with E-state index in [9.17, 15) is 0 Å². The van der Waals surface area contributed by atoms with Crippen LogP contribution in [0.5, 0.6) is 0 Å². The monoisotopic (exact) mass is 190 g/mol. The third-order valence-electron chi connectivity index (χ3n) is 1.78. The Balaban J connectivity index is 3.57. The quantitative estimate of drug-likeness (QED) is 0.178. The largest absolute Gasteiger partial charge is 0.370 e. The summed E-state index contributed by atoms with van der Waals surface area (Å²) in [7, 11) is 0. The number of hydrogen-bond donors (Lipinski definition) is 6. The highest BCUT2D eigenvalue weighted by atomic mass is 16.5. The maximum atomic E-state index is 8.74. The summed E-state index contributed by atoms with van der Waals surface area (Å²) in [4.78, 5) is 0. The van der Waals surface area contributed by atoms with Crippen molar-refractivity contribution in [3.8, 4) is 0 Å². The Labute approximate surface area is 77.4 Å². The van der Waals surface area contributed by atoms with E-state index in [0.29, 0.717) is 12.8 Å². The number of nitrogens with two attached hydrogens (primary N) is 2. The normalized spacial score (nSPS) is 15.5. The molecule has 0 saturated carbocycles. The van der Waals surface area contributed by atoms with Crippen molar-refractivity contribution in [2.75, 3.05) is 0 Å². The van der Waals surface area contributed by atoms with Crippen molar-refractivity contribution in [1.82, 2.24) is 5.32 Å². The van der Waals surface area contributed by atoms with Gasteiger partial charge in [-0.15, -0.1) is 0 Å². The molecule has 0 aromatic heterocycles. The molecule has 0 aliphatic heterocycles. The minimum atomic E-state index is -1.32. The van der Waals surface area contributed by atoms with Gasteiger partial charge in [0.2, 0.25) is 0 Å². The zero-order valence-electron chi connectivity index (χ0n) is 7.70. The highest BCUT2D eigenvalue weighted by molar-refractivity contribution is 5.74. The fraction of sp³-hybridized carbons (Fsp3) is 0.857. The molecule has 2 unspecified atom stereocenters. The third-order valence-corrected chi connectivity index (χ3v) is 1.78. The minimum absolute atomic E-state index is 0.176. The van der Waals surface area contributed by atoms with Crippen LogP contribution in [0.3, 0.4) is 0 Å². The fourth-order valence-electron chi connectivity index (χ4n) is 0.863. The summed E-state index contributed by atoms with van der Waals surface area (Å²) < 4.78 is 0. The van der Waals surface area contributed by atoms with E-state index in [1.807, 2.05) is 0 Å². The molecule has 0 fully saturated rings. The molecule has 0 aromatic carbocycles. The number of rotatable bonds is 5. The molecule has 0 aromatic rings. The number of aliphatic hydroxyl groups is 2. The Kier molecular flexibility index (Phi) is 5.36. The van der Waals surface area contributed by atoms with E-state index < -0.39 is 12.5 Å². The second-order valence-electron chi connectivity index (χ2n) is 3.13. The van der Waals surface area contributed by atoms with Gasteiger partial charge in [0, 0.05) is 5.92 Å².